The Morgan fingerprint density at radius 3 is 2.67 bits per heavy atom. The first-order valence-electron chi connectivity index (χ1n) is 8.75. The van der Waals surface area contributed by atoms with E-state index in [2.05, 4.69) is 0 Å². The number of aliphatic hydroxyl groups is 1. The molecule has 2 atom stereocenters. The van der Waals surface area contributed by atoms with Gasteiger partial charge < -0.3 is 14.7 Å². The van der Waals surface area contributed by atoms with E-state index in [9.17, 15) is 14.7 Å². The molecule has 1 aromatic carbocycles. The molecule has 0 saturated carbocycles. The smallest absolute Gasteiger partial charge is 0.295 e. The van der Waals surface area contributed by atoms with Crippen LogP contribution in [0.3, 0.4) is 0 Å². The summed E-state index contributed by atoms with van der Waals surface area (Å²) in [6.45, 7) is 1.01. The van der Waals surface area contributed by atoms with Gasteiger partial charge in [-0.25, -0.2) is 0 Å². The van der Waals surface area contributed by atoms with Crippen molar-refractivity contribution in [3.05, 3.63) is 62.8 Å². The highest BCUT2D eigenvalue weighted by Crippen LogP contribution is 2.41. The van der Waals surface area contributed by atoms with Crippen LogP contribution in [-0.4, -0.2) is 41.0 Å². The summed E-state index contributed by atoms with van der Waals surface area (Å²) < 4.78 is 5.66. The summed E-state index contributed by atoms with van der Waals surface area (Å²) in [7, 11) is 0. The number of benzene rings is 1. The zero-order chi connectivity index (χ0) is 19.0. The molecule has 27 heavy (non-hydrogen) atoms. The van der Waals surface area contributed by atoms with Crippen LogP contribution >= 0.6 is 22.9 Å². The minimum absolute atomic E-state index is 0.0822. The van der Waals surface area contributed by atoms with E-state index in [4.69, 9.17) is 16.3 Å². The minimum Gasteiger partial charge on any atom is -0.507 e. The van der Waals surface area contributed by atoms with Gasteiger partial charge >= 0.3 is 0 Å². The molecule has 2 aromatic rings. The van der Waals surface area contributed by atoms with Gasteiger partial charge in [0.25, 0.3) is 11.7 Å². The van der Waals surface area contributed by atoms with Gasteiger partial charge in [0, 0.05) is 28.6 Å². The lowest BCUT2D eigenvalue weighted by molar-refractivity contribution is -0.140. The molecular formula is C20H18ClNO4S. The zero-order valence-corrected chi connectivity index (χ0v) is 16.0. The second-order valence-corrected chi connectivity index (χ2v) is 8.02. The average molecular weight is 404 g/mol. The van der Waals surface area contributed by atoms with Gasteiger partial charge in [0.05, 0.1) is 17.7 Å². The lowest BCUT2D eigenvalue weighted by Crippen LogP contribution is -2.36. The Kier molecular flexibility index (Phi) is 5.04. The highest BCUT2D eigenvalue weighted by molar-refractivity contribution is 7.10. The average Bonchev–Trinajstić information content (AvgIpc) is 3.40. The van der Waals surface area contributed by atoms with Crippen molar-refractivity contribution >= 4 is 40.4 Å². The molecule has 2 aliphatic rings. The van der Waals surface area contributed by atoms with E-state index in [1.807, 2.05) is 17.5 Å². The number of carbonyl (C=O) groups excluding carboxylic acids is 2. The first kappa shape index (κ1) is 18.2. The number of Topliss-reactive ketones (excluding diaryl/α,β-unsaturated/α-hetero) is 1. The number of carbonyl (C=O) groups is 2. The van der Waals surface area contributed by atoms with E-state index in [0.717, 1.165) is 17.7 Å². The molecule has 0 bridgehead atoms. The maximum atomic E-state index is 12.8. The summed E-state index contributed by atoms with van der Waals surface area (Å²) in [5.41, 5.74) is 0.568. The summed E-state index contributed by atoms with van der Waals surface area (Å²) in [4.78, 5) is 27.9. The van der Waals surface area contributed by atoms with Gasteiger partial charge in [-0.05, 0) is 48.6 Å². The van der Waals surface area contributed by atoms with Gasteiger partial charge in [-0.1, -0.05) is 17.7 Å². The molecule has 7 heteroatoms. The van der Waals surface area contributed by atoms with Crippen molar-refractivity contribution in [2.45, 2.75) is 25.0 Å². The number of likely N-dealkylation sites (tertiary alicyclic amines) is 1. The van der Waals surface area contributed by atoms with Crippen molar-refractivity contribution in [3.8, 4) is 0 Å². The molecule has 2 aliphatic heterocycles. The van der Waals surface area contributed by atoms with Gasteiger partial charge in [-0.2, -0.15) is 0 Å². The van der Waals surface area contributed by atoms with Crippen LogP contribution in [0.25, 0.3) is 5.76 Å². The zero-order valence-electron chi connectivity index (χ0n) is 14.4. The molecule has 0 aliphatic carbocycles. The molecule has 0 spiro atoms. The number of ketones is 1. The quantitative estimate of drug-likeness (QED) is 0.476. The minimum atomic E-state index is -0.668. The molecule has 4 rings (SSSR count). The van der Waals surface area contributed by atoms with Gasteiger partial charge in [-0.3, -0.25) is 9.59 Å². The Bertz CT molecular complexity index is 885. The maximum Gasteiger partial charge on any atom is 0.295 e. The normalized spacial score (nSPS) is 24.7. The number of halogens is 1. The number of hydrogen-bond donors (Lipinski definition) is 1. The molecule has 140 valence electrons. The fourth-order valence-electron chi connectivity index (χ4n) is 3.58. The maximum absolute atomic E-state index is 12.8. The number of hydrogen-bond acceptors (Lipinski definition) is 5. The van der Waals surface area contributed by atoms with Crippen LogP contribution in [0.4, 0.5) is 0 Å². The monoisotopic (exact) mass is 403 g/mol. The number of amides is 1. The summed E-state index contributed by atoms with van der Waals surface area (Å²) in [5, 5.41) is 13.3. The third kappa shape index (κ3) is 3.40. The Morgan fingerprint density at radius 1 is 1.26 bits per heavy atom. The lowest BCUT2D eigenvalue weighted by Gasteiger charge is -2.26. The van der Waals surface area contributed by atoms with Gasteiger partial charge in [0.1, 0.15) is 5.76 Å². The standard InChI is InChI=1S/C20H18ClNO4S/c21-13-7-5-12(6-8-13)18(23)16-17(15-4-2-10-27-15)22(20(25)19(16)24)11-14-3-1-9-26-14/h2,4-8,10,14,17,23H,1,3,9,11H2/b18-16+/t14-,17-/m1/s1. The number of thiophene rings is 1. The Morgan fingerprint density at radius 2 is 2.04 bits per heavy atom. The second-order valence-electron chi connectivity index (χ2n) is 6.61. The van der Waals surface area contributed by atoms with Crippen LogP contribution in [0.2, 0.25) is 5.02 Å². The second kappa shape index (κ2) is 7.46. The molecule has 1 aromatic heterocycles. The molecule has 3 heterocycles. The number of ether oxygens (including phenoxy) is 1. The van der Waals surface area contributed by atoms with Crippen LogP contribution < -0.4 is 0 Å². The van der Waals surface area contributed by atoms with Gasteiger partial charge in [-0.15, -0.1) is 11.3 Å². The Hall–Kier alpha value is -2.15. The fourth-order valence-corrected chi connectivity index (χ4v) is 4.55. The van der Waals surface area contributed by atoms with E-state index < -0.39 is 17.7 Å². The summed E-state index contributed by atoms with van der Waals surface area (Å²) in [6.07, 6.45) is 1.72. The third-order valence-electron chi connectivity index (χ3n) is 4.89. The van der Waals surface area contributed by atoms with Crippen molar-refractivity contribution in [3.63, 3.8) is 0 Å². The van der Waals surface area contributed by atoms with E-state index >= 15 is 0 Å². The predicted octanol–water partition coefficient (Wildman–Crippen LogP) is 4.00. The first-order valence-corrected chi connectivity index (χ1v) is 10.0. The van der Waals surface area contributed by atoms with E-state index in [0.29, 0.717) is 23.7 Å². The fraction of sp³-hybridized carbons (Fsp3) is 0.300. The molecule has 0 unspecified atom stereocenters. The molecular weight excluding hydrogens is 386 g/mol. The van der Waals surface area contributed by atoms with Crippen LogP contribution in [0.1, 0.15) is 29.3 Å². The van der Waals surface area contributed by atoms with E-state index in [-0.39, 0.29) is 17.4 Å². The van der Waals surface area contributed by atoms with Crippen molar-refractivity contribution in [1.82, 2.24) is 4.90 Å². The Balaban J connectivity index is 1.78. The number of nitrogens with zero attached hydrogens (tertiary/aromatic N) is 1. The highest BCUT2D eigenvalue weighted by atomic mass is 35.5. The predicted molar refractivity (Wildman–Crippen MR) is 104 cm³/mol. The summed E-state index contributed by atoms with van der Waals surface area (Å²) >= 11 is 7.37. The summed E-state index contributed by atoms with van der Waals surface area (Å²) in [5.74, 6) is -1.45. The largest absolute Gasteiger partial charge is 0.507 e. The first-order chi connectivity index (χ1) is 13.1. The topological polar surface area (TPSA) is 66.8 Å². The highest BCUT2D eigenvalue weighted by Gasteiger charge is 2.47. The van der Waals surface area contributed by atoms with Crippen LogP contribution in [0.5, 0.6) is 0 Å². The molecule has 1 amide bonds. The Labute approximate surface area is 165 Å². The van der Waals surface area contributed by atoms with Gasteiger partial charge in [0.2, 0.25) is 0 Å². The van der Waals surface area contributed by atoms with Gasteiger partial charge in [0.15, 0.2) is 0 Å². The number of rotatable bonds is 4. The van der Waals surface area contributed by atoms with Crippen LogP contribution in [0, 0.1) is 0 Å². The lowest BCUT2D eigenvalue weighted by atomic mass is 10.00. The van der Waals surface area contributed by atoms with Crippen molar-refractivity contribution in [2.75, 3.05) is 13.2 Å². The molecule has 1 N–H and O–H groups in total. The van der Waals surface area contributed by atoms with Crippen LogP contribution in [0.15, 0.2) is 47.4 Å². The molecule has 5 nitrogen and oxygen atoms in total. The van der Waals surface area contributed by atoms with E-state index in [1.165, 1.54) is 16.2 Å². The SMILES string of the molecule is O=C1C(=O)N(C[C@H]2CCCO2)[C@H](c2cccs2)/C1=C(\O)c1ccc(Cl)cc1. The van der Waals surface area contributed by atoms with Crippen molar-refractivity contribution < 1.29 is 19.4 Å². The van der Waals surface area contributed by atoms with Crippen molar-refractivity contribution in [2.24, 2.45) is 0 Å². The molecule has 2 saturated heterocycles. The molecule has 0 radical (unpaired) electrons. The van der Waals surface area contributed by atoms with E-state index in [1.54, 1.807) is 24.3 Å². The van der Waals surface area contributed by atoms with Crippen LogP contribution in [-0.2, 0) is 14.3 Å². The summed E-state index contributed by atoms with van der Waals surface area (Å²) in [6, 6.07) is 9.68. The molecule has 2 fully saturated rings. The number of aliphatic hydroxyl groups excluding tert-OH is 1. The third-order valence-corrected chi connectivity index (χ3v) is 6.07. The van der Waals surface area contributed by atoms with Crippen molar-refractivity contribution in [1.29, 1.82) is 0 Å².